The van der Waals surface area contributed by atoms with Crippen molar-refractivity contribution >= 4 is 47.1 Å². The van der Waals surface area contributed by atoms with Crippen LogP contribution in [0.4, 0.5) is 22.7 Å². The minimum atomic E-state index is -0.787. The fourth-order valence-corrected chi connectivity index (χ4v) is 4.01. The van der Waals surface area contributed by atoms with Gasteiger partial charge in [-0.1, -0.05) is 0 Å². The normalized spacial score (nSPS) is 11.2. The quantitative estimate of drug-likeness (QED) is 0.114. The molecule has 4 aromatic carbocycles. The molecule has 0 fully saturated rings. The number of carbonyl (C=O) groups excluding carboxylic acids is 4. The van der Waals surface area contributed by atoms with E-state index in [0.717, 1.165) is 0 Å². The third-order valence-corrected chi connectivity index (χ3v) is 6.19. The maximum Gasteiger partial charge on any atom is 0.240 e. The monoisotopic (exact) mass is 604 g/mol. The Morgan fingerprint density at radius 2 is 0.889 bits per heavy atom. The van der Waals surface area contributed by atoms with Crippen molar-refractivity contribution in [3.8, 4) is 23.0 Å². The zero-order valence-electron chi connectivity index (χ0n) is 23.8. The van der Waals surface area contributed by atoms with E-state index in [9.17, 15) is 19.2 Å². The van der Waals surface area contributed by atoms with Crippen molar-refractivity contribution in [2.45, 2.75) is 19.1 Å². The largest absolute Gasteiger partial charge is 0.490 e. The van der Waals surface area contributed by atoms with Crippen LogP contribution >= 0.6 is 0 Å². The Bertz CT molecular complexity index is 1780. The zero-order valence-corrected chi connectivity index (χ0v) is 23.8. The van der Waals surface area contributed by atoms with Gasteiger partial charge in [-0.2, -0.15) is 20.0 Å². The number of benzene rings is 4. The van der Waals surface area contributed by atoms with Crippen LogP contribution in [0, 0.1) is 6.92 Å². The van der Waals surface area contributed by atoms with Crippen molar-refractivity contribution in [2.24, 2.45) is 20.0 Å². The molecular formula is C33H24N4O8. The summed E-state index contributed by atoms with van der Waals surface area (Å²) in [7, 11) is 0. The third kappa shape index (κ3) is 9.56. The van der Waals surface area contributed by atoms with E-state index in [1.54, 1.807) is 97.9 Å². The molecule has 224 valence electrons. The Morgan fingerprint density at radius 3 is 1.29 bits per heavy atom. The molecule has 0 aromatic heterocycles. The number of rotatable bonds is 15. The van der Waals surface area contributed by atoms with Gasteiger partial charge < -0.3 is 18.9 Å². The summed E-state index contributed by atoms with van der Waals surface area (Å²) in [5, 5.41) is 0. The van der Waals surface area contributed by atoms with Crippen LogP contribution in [-0.4, -0.2) is 49.7 Å². The van der Waals surface area contributed by atoms with Crippen molar-refractivity contribution in [3.05, 3.63) is 96.6 Å². The number of isocyanates is 4. The van der Waals surface area contributed by atoms with Gasteiger partial charge in [-0.05, 0) is 103 Å². The Hall–Kier alpha value is -6.40. The molecule has 12 nitrogen and oxygen atoms in total. The standard InChI is InChI=1S/C33H24N4O8/c1-23-16-30(14-15-31(23)37-22-41)43-18-33(45-29-12-6-26(7-13-29)36-21-40)32(44-28-10-4-25(5-11-28)35-20-39)17-42-27-8-2-24(3-9-27)34-19-38/h2-16,32-33H,17-18H2,1H3. The first-order chi connectivity index (χ1) is 22.0. The molecule has 4 aromatic rings. The number of aryl methyl sites for hydroxylation is 1. The fourth-order valence-electron chi connectivity index (χ4n) is 4.01. The molecule has 0 aliphatic rings. The third-order valence-electron chi connectivity index (χ3n) is 6.19. The van der Waals surface area contributed by atoms with Crippen LogP contribution in [0.15, 0.2) is 111 Å². The summed E-state index contributed by atoms with van der Waals surface area (Å²) in [5.41, 5.74) is 2.38. The average molecular weight is 605 g/mol. The van der Waals surface area contributed by atoms with Gasteiger partial charge in [0.2, 0.25) is 24.3 Å². The second kappa shape index (κ2) is 16.3. The van der Waals surface area contributed by atoms with E-state index >= 15 is 0 Å². The molecule has 2 unspecified atom stereocenters. The summed E-state index contributed by atoms with van der Waals surface area (Å²) in [4.78, 5) is 57.1. The minimum absolute atomic E-state index is 0.0154. The van der Waals surface area contributed by atoms with Gasteiger partial charge in [-0.15, -0.1) is 0 Å². The lowest BCUT2D eigenvalue weighted by Gasteiger charge is -2.29. The number of ether oxygens (including phenoxy) is 4. The summed E-state index contributed by atoms with van der Waals surface area (Å²) in [6, 6.07) is 24.4. The molecule has 0 saturated carbocycles. The SMILES string of the molecule is Cc1cc(OCC(Oc2ccc(N=C=O)cc2)C(COc2ccc(N=C=O)cc2)Oc2ccc(N=C=O)cc2)ccc1N=C=O. The van der Waals surface area contributed by atoms with Crippen LogP contribution in [0.2, 0.25) is 0 Å². The number of hydrogen-bond donors (Lipinski definition) is 0. The maximum atomic E-state index is 10.7. The van der Waals surface area contributed by atoms with Crippen LogP contribution in [-0.2, 0) is 19.2 Å². The van der Waals surface area contributed by atoms with Gasteiger partial charge in [0.15, 0.2) is 12.2 Å². The second-order valence-electron chi connectivity index (χ2n) is 9.18. The number of hydrogen-bond acceptors (Lipinski definition) is 12. The van der Waals surface area contributed by atoms with Crippen molar-refractivity contribution < 1.29 is 38.1 Å². The van der Waals surface area contributed by atoms with Gasteiger partial charge >= 0.3 is 0 Å². The van der Waals surface area contributed by atoms with E-state index in [0.29, 0.717) is 51.3 Å². The van der Waals surface area contributed by atoms with Gasteiger partial charge in [0.25, 0.3) is 0 Å². The van der Waals surface area contributed by atoms with E-state index in [4.69, 9.17) is 18.9 Å². The maximum absolute atomic E-state index is 10.7. The fraction of sp³-hybridized carbons (Fsp3) is 0.152. The molecule has 0 spiro atoms. The molecular weight excluding hydrogens is 580 g/mol. The Kier molecular flexibility index (Phi) is 11.4. The van der Waals surface area contributed by atoms with Crippen LogP contribution < -0.4 is 18.9 Å². The summed E-state index contributed by atoms with van der Waals surface area (Å²) in [6.45, 7) is 1.75. The first kappa shape index (κ1) is 31.5. The lowest BCUT2D eigenvalue weighted by atomic mass is 10.2. The van der Waals surface area contributed by atoms with Crippen LogP contribution in [0.25, 0.3) is 0 Å². The molecule has 0 bridgehead atoms. The van der Waals surface area contributed by atoms with E-state index in [2.05, 4.69) is 20.0 Å². The molecule has 0 aliphatic carbocycles. The van der Waals surface area contributed by atoms with Gasteiger partial charge in [0.1, 0.15) is 36.2 Å². The van der Waals surface area contributed by atoms with E-state index in [1.807, 2.05) is 0 Å². The zero-order chi connectivity index (χ0) is 31.9. The van der Waals surface area contributed by atoms with Crippen molar-refractivity contribution in [1.82, 2.24) is 0 Å². The summed E-state index contributed by atoms with van der Waals surface area (Å²) in [6.07, 6.45) is 4.44. The van der Waals surface area contributed by atoms with Crippen LogP contribution in [0.1, 0.15) is 5.56 Å². The van der Waals surface area contributed by atoms with Gasteiger partial charge in [0, 0.05) is 0 Å². The lowest BCUT2D eigenvalue weighted by Crippen LogP contribution is -2.44. The van der Waals surface area contributed by atoms with E-state index in [1.165, 1.54) is 24.3 Å². The summed E-state index contributed by atoms with van der Waals surface area (Å²) >= 11 is 0. The molecule has 2 atom stereocenters. The van der Waals surface area contributed by atoms with Gasteiger partial charge in [-0.3, -0.25) is 0 Å². The van der Waals surface area contributed by atoms with Crippen LogP contribution in [0.3, 0.4) is 0 Å². The minimum Gasteiger partial charge on any atom is -0.490 e. The molecule has 0 N–H and O–H groups in total. The van der Waals surface area contributed by atoms with E-state index in [-0.39, 0.29) is 13.2 Å². The van der Waals surface area contributed by atoms with Crippen molar-refractivity contribution in [1.29, 1.82) is 0 Å². The summed E-state index contributed by atoms with van der Waals surface area (Å²) in [5.74, 6) is 1.83. The molecule has 0 saturated heterocycles. The highest BCUT2D eigenvalue weighted by Crippen LogP contribution is 2.27. The number of nitrogens with zero attached hydrogens (tertiary/aromatic N) is 4. The average Bonchev–Trinajstić information content (AvgIpc) is 3.05. The lowest BCUT2D eigenvalue weighted by molar-refractivity contribution is -0.000870. The summed E-state index contributed by atoms with van der Waals surface area (Å²) < 4.78 is 24.8. The Balaban J connectivity index is 1.64. The first-order valence-electron chi connectivity index (χ1n) is 13.3. The molecule has 0 radical (unpaired) electrons. The first-order valence-corrected chi connectivity index (χ1v) is 13.3. The molecule has 0 amide bonds. The predicted molar refractivity (Wildman–Crippen MR) is 161 cm³/mol. The van der Waals surface area contributed by atoms with Crippen molar-refractivity contribution in [3.63, 3.8) is 0 Å². The molecule has 45 heavy (non-hydrogen) atoms. The van der Waals surface area contributed by atoms with Gasteiger partial charge in [-0.25, -0.2) is 19.2 Å². The highest BCUT2D eigenvalue weighted by Gasteiger charge is 2.28. The number of aliphatic imine (C=N–C) groups is 4. The van der Waals surface area contributed by atoms with E-state index < -0.39 is 12.2 Å². The van der Waals surface area contributed by atoms with Gasteiger partial charge in [0.05, 0.1) is 22.7 Å². The molecule has 0 heterocycles. The second-order valence-corrected chi connectivity index (χ2v) is 9.18. The smallest absolute Gasteiger partial charge is 0.240 e. The Morgan fingerprint density at radius 1 is 0.511 bits per heavy atom. The molecule has 4 rings (SSSR count). The van der Waals surface area contributed by atoms with Crippen LogP contribution in [0.5, 0.6) is 23.0 Å². The highest BCUT2D eigenvalue weighted by molar-refractivity contribution is 5.55. The molecule has 0 aliphatic heterocycles. The Labute approximate surface area is 257 Å². The molecule has 12 heteroatoms. The topological polar surface area (TPSA) is 155 Å². The highest BCUT2D eigenvalue weighted by atomic mass is 16.6. The van der Waals surface area contributed by atoms with Crippen molar-refractivity contribution in [2.75, 3.05) is 13.2 Å². The predicted octanol–water partition coefficient (Wildman–Crippen LogP) is 6.22.